The number of amides is 1. The molecule has 0 aliphatic rings. The van der Waals surface area contributed by atoms with Gasteiger partial charge in [0.25, 0.3) is 5.91 Å². The van der Waals surface area contributed by atoms with Crippen LogP contribution < -0.4 is 0 Å². The summed E-state index contributed by atoms with van der Waals surface area (Å²) >= 11 is 0. The van der Waals surface area contributed by atoms with Crippen molar-refractivity contribution in [3.63, 3.8) is 0 Å². The molecule has 0 unspecified atom stereocenters. The molecule has 0 atom stereocenters. The van der Waals surface area contributed by atoms with E-state index in [-0.39, 0.29) is 17.4 Å². The highest BCUT2D eigenvalue weighted by atomic mass is 16.4. The van der Waals surface area contributed by atoms with Crippen LogP contribution in [-0.2, 0) is 4.79 Å². The summed E-state index contributed by atoms with van der Waals surface area (Å²) in [6.07, 6.45) is 1.97. The minimum absolute atomic E-state index is 0.0973. The third kappa shape index (κ3) is 3.73. The molecule has 2 N–H and O–H groups in total. The number of nitrogens with zero attached hydrogens (tertiary/aromatic N) is 3. The Morgan fingerprint density at radius 2 is 1.68 bits per heavy atom. The molecule has 8 heteroatoms. The van der Waals surface area contributed by atoms with Crippen molar-refractivity contribution in [3.05, 3.63) is 23.8 Å². The standard InChI is InChI=1S/C11H13N3O5/c1-6(2)14(5-9(15)16)10(17)7-3-13-8(4-12-7)11(18)19/h3-4,6H,5H2,1-2H3,(H,15,16)(H,18,19). The molecule has 1 aromatic heterocycles. The summed E-state index contributed by atoms with van der Waals surface area (Å²) in [7, 11) is 0. The Balaban J connectivity index is 2.96. The Bertz CT molecular complexity index is 498. The van der Waals surface area contributed by atoms with Gasteiger partial charge in [0.1, 0.15) is 12.2 Å². The molecule has 0 saturated carbocycles. The molecular weight excluding hydrogens is 254 g/mol. The van der Waals surface area contributed by atoms with Crippen molar-refractivity contribution in [2.45, 2.75) is 19.9 Å². The SMILES string of the molecule is CC(C)N(CC(=O)O)C(=O)c1cnc(C(=O)O)cn1. The lowest BCUT2D eigenvalue weighted by Crippen LogP contribution is -2.41. The quantitative estimate of drug-likeness (QED) is 0.776. The molecule has 0 aliphatic carbocycles. The Morgan fingerprint density at radius 1 is 1.16 bits per heavy atom. The van der Waals surface area contributed by atoms with Crippen LogP contribution in [-0.4, -0.2) is 55.5 Å². The van der Waals surface area contributed by atoms with E-state index < -0.39 is 24.4 Å². The molecule has 19 heavy (non-hydrogen) atoms. The monoisotopic (exact) mass is 267 g/mol. The molecule has 1 heterocycles. The number of carboxylic acid groups (broad SMARTS) is 2. The van der Waals surface area contributed by atoms with Gasteiger partial charge >= 0.3 is 11.9 Å². The van der Waals surface area contributed by atoms with E-state index in [1.54, 1.807) is 13.8 Å². The second-order valence-corrected chi connectivity index (χ2v) is 4.01. The lowest BCUT2D eigenvalue weighted by atomic mass is 10.2. The number of carbonyl (C=O) groups is 3. The molecule has 0 radical (unpaired) electrons. The number of aliphatic carboxylic acids is 1. The molecular formula is C11H13N3O5. The fourth-order valence-electron chi connectivity index (χ4n) is 1.33. The van der Waals surface area contributed by atoms with Crippen molar-refractivity contribution in [3.8, 4) is 0 Å². The van der Waals surface area contributed by atoms with E-state index in [0.717, 1.165) is 17.3 Å². The van der Waals surface area contributed by atoms with Gasteiger partial charge in [-0.2, -0.15) is 0 Å². The van der Waals surface area contributed by atoms with Crippen LogP contribution in [0.25, 0.3) is 0 Å². The van der Waals surface area contributed by atoms with Gasteiger partial charge in [-0.15, -0.1) is 0 Å². The van der Waals surface area contributed by atoms with Gasteiger partial charge in [0, 0.05) is 6.04 Å². The first-order valence-electron chi connectivity index (χ1n) is 5.41. The Morgan fingerprint density at radius 3 is 2.05 bits per heavy atom. The maximum atomic E-state index is 12.0. The van der Waals surface area contributed by atoms with Crippen molar-refractivity contribution in [2.24, 2.45) is 0 Å². The summed E-state index contributed by atoms with van der Waals surface area (Å²) in [4.78, 5) is 41.6. The van der Waals surface area contributed by atoms with E-state index in [2.05, 4.69) is 9.97 Å². The van der Waals surface area contributed by atoms with E-state index in [0.29, 0.717) is 0 Å². The molecule has 0 bridgehead atoms. The Hall–Kier alpha value is -2.51. The second kappa shape index (κ2) is 5.89. The van der Waals surface area contributed by atoms with Gasteiger partial charge in [-0.3, -0.25) is 9.59 Å². The van der Waals surface area contributed by atoms with Gasteiger partial charge in [-0.05, 0) is 13.8 Å². The average molecular weight is 267 g/mol. The number of carboxylic acids is 2. The zero-order chi connectivity index (χ0) is 14.6. The summed E-state index contributed by atoms with van der Waals surface area (Å²) in [6.45, 7) is 2.87. The Labute approximate surface area is 108 Å². The number of carbonyl (C=O) groups excluding carboxylic acids is 1. The van der Waals surface area contributed by atoms with Crippen molar-refractivity contribution in [2.75, 3.05) is 6.54 Å². The van der Waals surface area contributed by atoms with Crippen molar-refractivity contribution in [1.82, 2.24) is 14.9 Å². The molecule has 0 saturated heterocycles. The maximum Gasteiger partial charge on any atom is 0.356 e. The number of rotatable bonds is 5. The first kappa shape index (κ1) is 14.6. The third-order valence-electron chi connectivity index (χ3n) is 2.28. The lowest BCUT2D eigenvalue weighted by molar-refractivity contribution is -0.138. The van der Waals surface area contributed by atoms with Crippen LogP contribution in [0.15, 0.2) is 12.4 Å². The molecule has 1 rings (SSSR count). The van der Waals surface area contributed by atoms with Gasteiger partial charge in [0.05, 0.1) is 12.4 Å². The first-order chi connectivity index (χ1) is 8.82. The van der Waals surface area contributed by atoms with Crippen LogP contribution in [0.5, 0.6) is 0 Å². The van der Waals surface area contributed by atoms with Gasteiger partial charge in [-0.25, -0.2) is 14.8 Å². The summed E-state index contributed by atoms with van der Waals surface area (Å²) in [5, 5.41) is 17.4. The van der Waals surface area contributed by atoms with Crippen molar-refractivity contribution in [1.29, 1.82) is 0 Å². The van der Waals surface area contributed by atoms with Crippen LogP contribution in [0.4, 0.5) is 0 Å². The minimum Gasteiger partial charge on any atom is -0.480 e. The topological polar surface area (TPSA) is 121 Å². The second-order valence-electron chi connectivity index (χ2n) is 4.01. The third-order valence-corrected chi connectivity index (χ3v) is 2.28. The molecule has 1 amide bonds. The maximum absolute atomic E-state index is 12.0. The summed E-state index contributed by atoms with van der Waals surface area (Å²) in [5.74, 6) is -3.00. The highest BCUT2D eigenvalue weighted by Gasteiger charge is 2.22. The fourth-order valence-corrected chi connectivity index (χ4v) is 1.33. The zero-order valence-corrected chi connectivity index (χ0v) is 10.4. The molecule has 0 aliphatic heterocycles. The number of hydrogen-bond acceptors (Lipinski definition) is 5. The highest BCUT2D eigenvalue weighted by molar-refractivity contribution is 5.94. The van der Waals surface area contributed by atoms with Crippen LogP contribution in [0.3, 0.4) is 0 Å². The number of aromatic nitrogens is 2. The lowest BCUT2D eigenvalue weighted by Gasteiger charge is -2.24. The summed E-state index contributed by atoms with van der Waals surface area (Å²) < 4.78 is 0. The minimum atomic E-state index is -1.25. The van der Waals surface area contributed by atoms with Crippen LogP contribution in [0.1, 0.15) is 34.8 Å². The van der Waals surface area contributed by atoms with E-state index in [1.165, 1.54) is 0 Å². The molecule has 1 aromatic rings. The normalized spacial score (nSPS) is 10.3. The zero-order valence-electron chi connectivity index (χ0n) is 10.4. The molecule has 8 nitrogen and oxygen atoms in total. The summed E-state index contributed by atoms with van der Waals surface area (Å²) in [5.41, 5.74) is -0.383. The molecule has 0 aromatic carbocycles. The largest absolute Gasteiger partial charge is 0.480 e. The van der Waals surface area contributed by atoms with E-state index in [9.17, 15) is 14.4 Å². The van der Waals surface area contributed by atoms with Crippen LogP contribution >= 0.6 is 0 Å². The van der Waals surface area contributed by atoms with Gasteiger partial charge < -0.3 is 15.1 Å². The number of hydrogen-bond donors (Lipinski definition) is 2. The van der Waals surface area contributed by atoms with Crippen LogP contribution in [0, 0.1) is 0 Å². The van der Waals surface area contributed by atoms with E-state index in [1.807, 2.05) is 0 Å². The predicted molar refractivity (Wildman–Crippen MR) is 62.8 cm³/mol. The van der Waals surface area contributed by atoms with Crippen molar-refractivity contribution < 1.29 is 24.6 Å². The highest BCUT2D eigenvalue weighted by Crippen LogP contribution is 2.06. The molecule has 102 valence electrons. The first-order valence-corrected chi connectivity index (χ1v) is 5.41. The Kier molecular flexibility index (Phi) is 4.51. The summed E-state index contributed by atoms with van der Waals surface area (Å²) in [6, 6.07) is -0.329. The van der Waals surface area contributed by atoms with Crippen LogP contribution in [0.2, 0.25) is 0 Å². The molecule has 0 spiro atoms. The van der Waals surface area contributed by atoms with Gasteiger partial charge in [0.15, 0.2) is 5.69 Å². The fraction of sp³-hybridized carbons (Fsp3) is 0.364. The average Bonchev–Trinajstić information content (AvgIpc) is 2.34. The van der Waals surface area contributed by atoms with Gasteiger partial charge in [0.2, 0.25) is 0 Å². The number of aromatic carboxylic acids is 1. The molecule has 0 fully saturated rings. The van der Waals surface area contributed by atoms with Crippen molar-refractivity contribution >= 4 is 17.8 Å². The smallest absolute Gasteiger partial charge is 0.356 e. The predicted octanol–water partition coefficient (Wildman–Crippen LogP) is 0.110. The van der Waals surface area contributed by atoms with Gasteiger partial charge in [-0.1, -0.05) is 0 Å². The van der Waals surface area contributed by atoms with E-state index >= 15 is 0 Å². The van der Waals surface area contributed by atoms with E-state index in [4.69, 9.17) is 10.2 Å².